The maximum absolute atomic E-state index is 12.7. The molecule has 8 heteroatoms. The highest BCUT2D eigenvalue weighted by atomic mass is 32.1. The Morgan fingerprint density at radius 3 is 2.52 bits per heavy atom. The van der Waals surface area contributed by atoms with Gasteiger partial charge in [-0.1, -0.05) is 6.92 Å². The number of nitrogens with zero attached hydrogens (tertiary/aromatic N) is 2. The molecule has 3 amide bonds. The lowest BCUT2D eigenvalue weighted by Crippen LogP contribution is -2.40. The van der Waals surface area contributed by atoms with Crippen molar-refractivity contribution < 1.29 is 19.1 Å². The van der Waals surface area contributed by atoms with Crippen LogP contribution in [0.4, 0.5) is 9.80 Å². The molecule has 0 atom stereocenters. The highest BCUT2D eigenvalue weighted by Crippen LogP contribution is 2.38. The number of nitrogens with one attached hydrogen (secondary N) is 1. The van der Waals surface area contributed by atoms with Crippen molar-refractivity contribution in [2.24, 2.45) is 5.92 Å². The molecule has 3 heterocycles. The van der Waals surface area contributed by atoms with Gasteiger partial charge in [-0.05, 0) is 37.7 Å². The molecule has 3 rings (SSSR count). The molecule has 27 heavy (non-hydrogen) atoms. The lowest BCUT2D eigenvalue weighted by molar-refractivity contribution is -0.129. The number of thiophene rings is 1. The summed E-state index contributed by atoms with van der Waals surface area (Å²) in [5.41, 5.74) is 1.36. The van der Waals surface area contributed by atoms with Crippen molar-refractivity contribution in [3.05, 3.63) is 16.0 Å². The molecule has 0 radical (unpaired) electrons. The van der Waals surface area contributed by atoms with Crippen molar-refractivity contribution in [3.8, 4) is 0 Å². The fourth-order valence-electron chi connectivity index (χ4n) is 3.57. The number of fused-ring (bicyclic) bond motifs is 1. The summed E-state index contributed by atoms with van der Waals surface area (Å²) in [5, 5.41) is 3.47. The zero-order valence-electron chi connectivity index (χ0n) is 16.2. The number of anilines is 1. The summed E-state index contributed by atoms with van der Waals surface area (Å²) in [6.45, 7) is 8.28. The topological polar surface area (TPSA) is 79.0 Å². The number of hydrogen-bond acceptors (Lipinski definition) is 5. The molecule has 1 N–H and O–H groups in total. The van der Waals surface area contributed by atoms with Crippen LogP contribution < -0.4 is 5.32 Å². The van der Waals surface area contributed by atoms with Crippen LogP contribution in [0.1, 0.15) is 54.4 Å². The Kier molecular flexibility index (Phi) is 6.04. The minimum atomic E-state index is -0.408. The van der Waals surface area contributed by atoms with Gasteiger partial charge in [0.25, 0.3) is 0 Å². The standard InChI is InChI=1S/C19H27N3O4S/c1-4-26-18(24)16-14-7-10-22(13(3)23)11-15(14)27-17(16)20-19(25)21-8-5-12(2)6-9-21/h12H,4-11H2,1-3H3,(H,20,25). The molecule has 0 bridgehead atoms. The monoisotopic (exact) mass is 393 g/mol. The second kappa shape index (κ2) is 8.29. The van der Waals surface area contributed by atoms with Crippen molar-refractivity contribution in [2.45, 2.75) is 46.6 Å². The van der Waals surface area contributed by atoms with Gasteiger partial charge in [0.1, 0.15) is 5.00 Å². The van der Waals surface area contributed by atoms with E-state index in [1.54, 1.807) is 23.6 Å². The van der Waals surface area contributed by atoms with Crippen molar-refractivity contribution >= 4 is 34.2 Å². The molecule has 0 spiro atoms. The minimum absolute atomic E-state index is 0.0137. The highest BCUT2D eigenvalue weighted by Gasteiger charge is 2.31. The molecule has 7 nitrogen and oxygen atoms in total. The normalized spacial score (nSPS) is 17.4. The van der Waals surface area contributed by atoms with E-state index in [2.05, 4.69) is 12.2 Å². The van der Waals surface area contributed by atoms with Crippen LogP contribution in [-0.2, 0) is 22.5 Å². The highest BCUT2D eigenvalue weighted by molar-refractivity contribution is 7.17. The lowest BCUT2D eigenvalue weighted by atomic mass is 10.00. The van der Waals surface area contributed by atoms with Crippen molar-refractivity contribution in [3.63, 3.8) is 0 Å². The number of hydrogen-bond donors (Lipinski definition) is 1. The molecule has 2 aliphatic heterocycles. The quantitative estimate of drug-likeness (QED) is 0.801. The smallest absolute Gasteiger partial charge is 0.341 e. The van der Waals surface area contributed by atoms with E-state index in [9.17, 15) is 14.4 Å². The van der Waals surface area contributed by atoms with E-state index in [0.29, 0.717) is 36.0 Å². The number of carbonyl (C=O) groups is 3. The fraction of sp³-hybridized carbons (Fsp3) is 0.632. The molecule has 148 valence electrons. The first-order chi connectivity index (χ1) is 12.9. The van der Waals surface area contributed by atoms with Gasteiger partial charge in [0.15, 0.2) is 0 Å². The maximum atomic E-state index is 12.7. The van der Waals surface area contributed by atoms with Crippen molar-refractivity contribution in [2.75, 3.05) is 31.6 Å². The van der Waals surface area contributed by atoms with E-state index >= 15 is 0 Å². The minimum Gasteiger partial charge on any atom is -0.462 e. The lowest BCUT2D eigenvalue weighted by Gasteiger charge is -2.30. The Labute approximate surface area is 163 Å². The number of esters is 1. The molecule has 0 aliphatic carbocycles. The summed E-state index contributed by atoms with van der Waals surface area (Å²) in [6.07, 6.45) is 2.58. The number of rotatable bonds is 3. The van der Waals surface area contributed by atoms with E-state index in [0.717, 1.165) is 36.4 Å². The van der Waals surface area contributed by atoms with E-state index in [1.807, 2.05) is 0 Å². The number of urea groups is 1. The molecule has 1 aromatic heterocycles. The molecule has 0 aromatic carbocycles. The van der Waals surface area contributed by atoms with Gasteiger partial charge in [-0.3, -0.25) is 10.1 Å². The summed E-state index contributed by atoms with van der Waals surface area (Å²) in [6, 6.07) is -0.172. The Morgan fingerprint density at radius 2 is 1.89 bits per heavy atom. The Balaban J connectivity index is 1.84. The molecular weight excluding hydrogens is 366 g/mol. The van der Waals surface area contributed by atoms with Gasteiger partial charge in [0.05, 0.1) is 18.7 Å². The molecule has 1 saturated heterocycles. The van der Waals surface area contributed by atoms with Crippen LogP contribution in [0.3, 0.4) is 0 Å². The first-order valence-corrected chi connectivity index (χ1v) is 10.4. The maximum Gasteiger partial charge on any atom is 0.341 e. The summed E-state index contributed by atoms with van der Waals surface area (Å²) in [7, 11) is 0. The van der Waals surface area contributed by atoms with Gasteiger partial charge in [-0.25, -0.2) is 9.59 Å². The van der Waals surface area contributed by atoms with Crippen molar-refractivity contribution in [1.82, 2.24) is 9.80 Å². The molecule has 0 unspecified atom stereocenters. The van der Waals surface area contributed by atoms with Gasteiger partial charge in [0.2, 0.25) is 5.91 Å². The predicted molar refractivity (Wildman–Crippen MR) is 104 cm³/mol. The average Bonchev–Trinajstić information content (AvgIpc) is 2.99. The zero-order valence-corrected chi connectivity index (χ0v) is 17.0. The number of likely N-dealkylation sites (tertiary alicyclic amines) is 1. The number of piperidine rings is 1. The number of ether oxygens (including phenoxy) is 1. The number of amides is 3. The van der Waals surface area contributed by atoms with Crippen LogP contribution in [0.15, 0.2) is 0 Å². The average molecular weight is 394 g/mol. The molecule has 1 fully saturated rings. The number of carbonyl (C=O) groups excluding carboxylic acids is 3. The van der Waals surface area contributed by atoms with E-state index < -0.39 is 5.97 Å². The third-order valence-electron chi connectivity index (χ3n) is 5.27. The van der Waals surface area contributed by atoms with Crippen LogP contribution in [-0.4, -0.2) is 53.9 Å². The van der Waals surface area contributed by atoms with Gasteiger partial charge < -0.3 is 14.5 Å². The SMILES string of the molecule is CCOC(=O)c1c(NC(=O)N2CCC(C)CC2)sc2c1CCN(C(C)=O)C2. The van der Waals surface area contributed by atoms with Crippen LogP contribution in [0.5, 0.6) is 0 Å². The van der Waals surface area contributed by atoms with Gasteiger partial charge in [-0.2, -0.15) is 0 Å². The fourth-order valence-corrected chi connectivity index (χ4v) is 4.81. The molecule has 0 saturated carbocycles. The van der Waals surface area contributed by atoms with Crippen molar-refractivity contribution in [1.29, 1.82) is 0 Å². The third-order valence-corrected chi connectivity index (χ3v) is 6.41. The zero-order chi connectivity index (χ0) is 19.6. The van der Waals surface area contributed by atoms with Gasteiger partial charge in [0, 0.05) is 31.4 Å². The van der Waals surface area contributed by atoms with Gasteiger partial charge in [-0.15, -0.1) is 11.3 Å². The third kappa shape index (κ3) is 4.26. The van der Waals surface area contributed by atoms with Crippen LogP contribution in [0.25, 0.3) is 0 Å². The summed E-state index contributed by atoms with van der Waals surface area (Å²) < 4.78 is 5.23. The largest absolute Gasteiger partial charge is 0.462 e. The summed E-state index contributed by atoms with van der Waals surface area (Å²) in [4.78, 5) is 41.5. The van der Waals surface area contributed by atoms with Crippen LogP contribution in [0.2, 0.25) is 0 Å². The van der Waals surface area contributed by atoms with E-state index in [4.69, 9.17) is 4.74 Å². The van der Waals surface area contributed by atoms with E-state index in [-0.39, 0.29) is 18.5 Å². The molecular formula is C19H27N3O4S. The molecule has 2 aliphatic rings. The first kappa shape index (κ1) is 19.7. The van der Waals surface area contributed by atoms with E-state index in [1.165, 1.54) is 11.3 Å². The Hall–Kier alpha value is -2.09. The first-order valence-electron chi connectivity index (χ1n) is 9.53. The predicted octanol–water partition coefficient (Wildman–Crippen LogP) is 3.09. The molecule has 1 aromatic rings. The Morgan fingerprint density at radius 1 is 1.19 bits per heavy atom. The summed E-state index contributed by atoms with van der Waals surface area (Å²) in [5.74, 6) is 0.240. The van der Waals surface area contributed by atoms with Crippen LogP contribution >= 0.6 is 11.3 Å². The Bertz CT molecular complexity index is 738. The summed E-state index contributed by atoms with van der Waals surface area (Å²) >= 11 is 1.38. The second-order valence-electron chi connectivity index (χ2n) is 7.22. The second-order valence-corrected chi connectivity index (χ2v) is 8.32. The van der Waals surface area contributed by atoms with Crippen LogP contribution in [0, 0.1) is 5.92 Å². The van der Waals surface area contributed by atoms with Gasteiger partial charge >= 0.3 is 12.0 Å².